The largest absolute Gasteiger partial charge is 0.459 e. The van der Waals surface area contributed by atoms with Crippen LogP contribution in [0.4, 0.5) is 5.69 Å². The number of hydrogen-bond donors (Lipinski definition) is 1. The lowest BCUT2D eigenvalue weighted by atomic mass is 10.0. The molecule has 0 fully saturated rings. The number of anilines is 1. The minimum absolute atomic E-state index is 0.0301. The van der Waals surface area contributed by atoms with Crippen LogP contribution in [0.5, 0.6) is 0 Å². The number of nitrogens with one attached hydrogen (secondary N) is 1. The highest BCUT2D eigenvalue weighted by Gasteiger charge is 2.15. The first-order valence-corrected chi connectivity index (χ1v) is 8.27. The molecule has 2 aromatic heterocycles. The number of para-hydroxylation sites is 1. The fourth-order valence-electron chi connectivity index (χ4n) is 2.69. The molecule has 7 nitrogen and oxygen atoms in total. The van der Waals surface area contributed by atoms with Crippen LogP contribution < -0.4 is 11.1 Å². The Morgan fingerprint density at radius 1 is 1.00 bits per heavy atom. The first kappa shape index (κ1) is 16.6. The molecule has 0 spiro atoms. The number of carbonyl (C=O) groups excluding carboxylic acids is 1. The SMILES string of the molecule is O=C(Cn1nc(-c2ccco2)oc1=O)Nc1ccccc1-c1ccccc1. The summed E-state index contributed by atoms with van der Waals surface area (Å²) in [5, 5.41) is 6.82. The average Bonchev–Trinajstić information content (AvgIpc) is 3.33. The van der Waals surface area contributed by atoms with Gasteiger partial charge in [0.1, 0.15) is 6.54 Å². The van der Waals surface area contributed by atoms with Crippen LogP contribution in [0, 0.1) is 0 Å². The molecule has 0 unspecified atom stereocenters. The van der Waals surface area contributed by atoms with Crippen LogP contribution in [-0.2, 0) is 11.3 Å². The topological polar surface area (TPSA) is 90.3 Å². The summed E-state index contributed by atoms with van der Waals surface area (Å²) in [6.45, 7) is -0.272. The molecule has 0 atom stereocenters. The molecule has 134 valence electrons. The lowest BCUT2D eigenvalue weighted by Gasteiger charge is -2.11. The minimum atomic E-state index is -0.729. The van der Waals surface area contributed by atoms with Gasteiger partial charge in [-0.05, 0) is 23.8 Å². The van der Waals surface area contributed by atoms with E-state index in [0.29, 0.717) is 11.4 Å². The molecule has 0 aliphatic carbocycles. The molecule has 4 rings (SSSR count). The molecular formula is C20H15N3O4. The predicted molar refractivity (Wildman–Crippen MR) is 99.0 cm³/mol. The van der Waals surface area contributed by atoms with E-state index in [1.807, 2.05) is 48.5 Å². The van der Waals surface area contributed by atoms with Gasteiger partial charge in [0.25, 0.3) is 5.89 Å². The standard InChI is InChI=1S/C20H15N3O4/c24-18(13-23-20(25)27-19(22-23)17-11-6-12-26-17)21-16-10-5-4-9-15(16)14-7-2-1-3-8-14/h1-12H,13H2,(H,21,24). The summed E-state index contributed by atoms with van der Waals surface area (Å²) in [5.74, 6) is -0.768. The van der Waals surface area contributed by atoms with Gasteiger partial charge >= 0.3 is 5.76 Å². The summed E-state index contributed by atoms with van der Waals surface area (Å²) in [6, 6.07) is 20.4. The van der Waals surface area contributed by atoms with Gasteiger partial charge in [0.15, 0.2) is 5.76 Å². The number of hydrogen-bond acceptors (Lipinski definition) is 5. The van der Waals surface area contributed by atoms with E-state index in [1.54, 1.807) is 18.2 Å². The molecule has 7 heteroatoms. The van der Waals surface area contributed by atoms with Gasteiger partial charge in [0, 0.05) is 11.3 Å². The molecule has 0 radical (unpaired) electrons. The van der Waals surface area contributed by atoms with Crippen molar-refractivity contribution < 1.29 is 13.6 Å². The van der Waals surface area contributed by atoms with Gasteiger partial charge in [-0.25, -0.2) is 4.79 Å². The Kier molecular flexibility index (Phi) is 4.40. The van der Waals surface area contributed by atoms with Gasteiger partial charge in [-0.1, -0.05) is 48.5 Å². The van der Waals surface area contributed by atoms with Crippen molar-refractivity contribution in [1.29, 1.82) is 0 Å². The second kappa shape index (κ2) is 7.17. The fourth-order valence-corrected chi connectivity index (χ4v) is 2.69. The van der Waals surface area contributed by atoms with E-state index in [2.05, 4.69) is 10.4 Å². The fraction of sp³-hybridized carbons (Fsp3) is 0.0500. The van der Waals surface area contributed by atoms with Crippen LogP contribution in [0.1, 0.15) is 0 Å². The van der Waals surface area contributed by atoms with Crippen LogP contribution >= 0.6 is 0 Å². The highest BCUT2D eigenvalue weighted by atomic mass is 16.4. The molecule has 4 aromatic rings. The minimum Gasteiger partial charge on any atom is -0.459 e. The average molecular weight is 361 g/mol. The number of amides is 1. The first-order chi connectivity index (χ1) is 13.2. The summed E-state index contributed by atoms with van der Waals surface area (Å²) >= 11 is 0. The van der Waals surface area contributed by atoms with Gasteiger partial charge < -0.3 is 14.2 Å². The summed E-state index contributed by atoms with van der Waals surface area (Å²) in [6.07, 6.45) is 1.45. The summed E-state index contributed by atoms with van der Waals surface area (Å²) < 4.78 is 11.1. The van der Waals surface area contributed by atoms with E-state index in [4.69, 9.17) is 8.83 Å². The van der Waals surface area contributed by atoms with E-state index in [0.717, 1.165) is 15.8 Å². The number of carbonyl (C=O) groups is 1. The maximum absolute atomic E-state index is 12.4. The van der Waals surface area contributed by atoms with E-state index >= 15 is 0 Å². The highest BCUT2D eigenvalue weighted by molar-refractivity contribution is 5.95. The molecule has 1 amide bonds. The maximum atomic E-state index is 12.4. The van der Waals surface area contributed by atoms with E-state index in [1.165, 1.54) is 6.26 Å². The van der Waals surface area contributed by atoms with Crippen LogP contribution in [0.15, 0.2) is 86.6 Å². The van der Waals surface area contributed by atoms with Crippen molar-refractivity contribution in [1.82, 2.24) is 9.78 Å². The number of rotatable bonds is 5. The number of aromatic nitrogens is 2. The third-order valence-electron chi connectivity index (χ3n) is 3.92. The molecule has 0 aliphatic rings. The van der Waals surface area contributed by atoms with Crippen molar-refractivity contribution in [2.75, 3.05) is 5.32 Å². The molecule has 27 heavy (non-hydrogen) atoms. The monoisotopic (exact) mass is 361 g/mol. The van der Waals surface area contributed by atoms with Crippen molar-refractivity contribution >= 4 is 11.6 Å². The Morgan fingerprint density at radius 3 is 2.56 bits per heavy atom. The highest BCUT2D eigenvalue weighted by Crippen LogP contribution is 2.27. The third kappa shape index (κ3) is 3.57. The predicted octanol–water partition coefficient (Wildman–Crippen LogP) is 3.40. The lowest BCUT2D eigenvalue weighted by Crippen LogP contribution is -2.26. The molecule has 0 saturated carbocycles. The van der Waals surface area contributed by atoms with Crippen molar-refractivity contribution in [3.8, 4) is 22.8 Å². The molecule has 0 bridgehead atoms. The summed E-state index contributed by atoms with van der Waals surface area (Å²) in [7, 11) is 0. The van der Waals surface area contributed by atoms with Gasteiger partial charge in [0.2, 0.25) is 5.91 Å². The molecule has 0 saturated heterocycles. The van der Waals surface area contributed by atoms with Gasteiger partial charge in [-0.15, -0.1) is 5.10 Å². The Hall–Kier alpha value is -3.87. The van der Waals surface area contributed by atoms with E-state index in [-0.39, 0.29) is 18.3 Å². The van der Waals surface area contributed by atoms with Crippen molar-refractivity contribution in [2.24, 2.45) is 0 Å². The van der Waals surface area contributed by atoms with Gasteiger partial charge in [-0.2, -0.15) is 4.68 Å². The Labute approximate surface area is 153 Å². The third-order valence-corrected chi connectivity index (χ3v) is 3.92. The zero-order valence-electron chi connectivity index (χ0n) is 14.2. The van der Waals surface area contributed by atoms with Crippen LogP contribution in [-0.4, -0.2) is 15.7 Å². The second-order valence-corrected chi connectivity index (χ2v) is 5.77. The van der Waals surface area contributed by atoms with E-state index in [9.17, 15) is 9.59 Å². The molecule has 1 N–H and O–H groups in total. The second-order valence-electron chi connectivity index (χ2n) is 5.77. The van der Waals surface area contributed by atoms with Gasteiger partial charge in [-0.3, -0.25) is 4.79 Å². The molecule has 2 aromatic carbocycles. The Morgan fingerprint density at radius 2 is 1.78 bits per heavy atom. The lowest BCUT2D eigenvalue weighted by molar-refractivity contribution is -0.117. The quantitative estimate of drug-likeness (QED) is 0.588. The van der Waals surface area contributed by atoms with Gasteiger partial charge in [0.05, 0.1) is 6.26 Å². The normalized spacial score (nSPS) is 10.7. The maximum Gasteiger partial charge on any atom is 0.437 e. The van der Waals surface area contributed by atoms with Crippen LogP contribution in [0.2, 0.25) is 0 Å². The summed E-state index contributed by atoms with van der Waals surface area (Å²) in [4.78, 5) is 24.4. The molecule has 2 heterocycles. The summed E-state index contributed by atoms with van der Waals surface area (Å²) in [5.41, 5.74) is 2.51. The number of benzene rings is 2. The van der Waals surface area contributed by atoms with Crippen molar-refractivity contribution in [3.63, 3.8) is 0 Å². The van der Waals surface area contributed by atoms with Crippen LogP contribution in [0.3, 0.4) is 0 Å². The smallest absolute Gasteiger partial charge is 0.437 e. The van der Waals surface area contributed by atoms with Crippen molar-refractivity contribution in [2.45, 2.75) is 6.54 Å². The van der Waals surface area contributed by atoms with E-state index < -0.39 is 5.76 Å². The zero-order chi connectivity index (χ0) is 18.6. The molecule has 0 aliphatic heterocycles. The Balaban J connectivity index is 1.54. The van der Waals surface area contributed by atoms with Crippen LogP contribution in [0.25, 0.3) is 22.8 Å². The first-order valence-electron chi connectivity index (χ1n) is 8.27. The number of nitrogens with zero attached hydrogens (tertiary/aromatic N) is 2. The number of furan rings is 1. The Bertz CT molecular complexity index is 1110. The molecular weight excluding hydrogens is 346 g/mol. The van der Waals surface area contributed by atoms with Crippen molar-refractivity contribution in [3.05, 3.63) is 83.5 Å². The zero-order valence-corrected chi connectivity index (χ0v) is 14.2.